The fourth-order valence-electron chi connectivity index (χ4n) is 3.65. The van der Waals surface area contributed by atoms with Gasteiger partial charge in [-0.05, 0) is 40.0 Å². The van der Waals surface area contributed by atoms with Crippen molar-refractivity contribution in [3.8, 4) is 0 Å². The number of piperidine rings is 1. The van der Waals surface area contributed by atoms with E-state index in [0.717, 1.165) is 32.5 Å². The molecule has 4 amide bonds. The van der Waals surface area contributed by atoms with E-state index in [1.54, 1.807) is 6.92 Å². The van der Waals surface area contributed by atoms with Crippen molar-refractivity contribution in [2.24, 2.45) is 0 Å². The van der Waals surface area contributed by atoms with Gasteiger partial charge in [-0.2, -0.15) is 0 Å². The Hall–Kier alpha value is -1.67. The molecule has 0 saturated carbocycles. The number of hydrogen-bond acceptors (Lipinski definition) is 5. The van der Waals surface area contributed by atoms with Crippen LogP contribution in [-0.2, 0) is 9.59 Å². The molecule has 2 atom stereocenters. The Morgan fingerprint density at radius 1 is 1.08 bits per heavy atom. The van der Waals surface area contributed by atoms with Crippen molar-refractivity contribution in [3.63, 3.8) is 0 Å². The van der Waals surface area contributed by atoms with E-state index in [1.165, 1.54) is 6.42 Å². The molecule has 2 heterocycles. The molecule has 2 saturated heterocycles. The lowest BCUT2D eigenvalue weighted by molar-refractivity contribution is -0.136. The van der Waals surface area contributed by atoms with E-state index in [1.807, 2.05) is 11.8 Å². The van der Waals surface area contributed by atoms with E-state index in [-0.39, 0.29) is 17.9 Å². The van der Waals surface area contributed by atoms with Crippen LogP contribution in [0.1, 0.15) is 40.0 Å². The van der Waals surface area contributed by atoms with Crippen molar-refractivity contribution in [1.82, 2.24) is 25.3 Å². The van der Waals surface area contributed by atoms with Gasteiger partial charge in [0.1, 0.15) is 0 Å². The number of carbonyl (C=O) groups excluding carboxylic acids is 3. The second-order valence-electron chi connectivity index (χ2n) is 7.27. The first-order chi connectivity index (χ1) is 12.4. The maximum atomic E-state index is 12.5. The molecule has 2 N–H and O–H groups in total. The summed E-state index contributed by atoms with van der Waals surface area (Å²) in [5.74, 6) is -0.0738. The van der Waals surface area contributed by atoms with Crippen molar-refractivity contribution in [2.75, 3.05) is 45.8 Å². The average Bonchev–Trinajstić information content (AvgIpc) is 2.62. The Balaban J connectivity index is 1.75. The largest absolute Gasteiger partial charge is 0.339 e. The number of imide groups is 1. The molecular weight excluding hydrogens is 334 g/mol. The Bertz CT molecular complexity index is 505. The normalized spacial score (nSPS) is 23.3. The van der Waals surface area contributed by atoms with Crippen LogP contribution in [-0.4, -0.2) is 90.4 Å². The number of hydrogen-bond donors (Lipinski definition) is 2. The summed E-state index contributed by atoms with van der Waals surface area (Å²) >= 11 is 0. The molecule has 8 nitrogen and oxygen atoms in total. The molecule has 2 aliphatic rings. The number of amides is 4. The first-order valence-corrected chi connectivity index (χ1v) is 9.77. The van der Waals surface area contributed by atoms with Crippen LogP contribution in [0.25, 0.3) is 0 Å². The quantitative estimate of drug-likeness (QED) is 0.727. The smallest absolute Gasteiger partial charge is 0.321 e. The molecule has 2 rings (SSSR count). The zero-order chi connectivity index (χ0) is 19.1. The molecule has 2 fully saturated rings. The molecule has 0 spiro atoms. The predicted octanol–water partition coefficient (Wildman–Crippen LogP) is 0.239. The summed E-state index contributed by atoms with van der Waals surface area (Å²) in [6.07, 6.45) is 3.40. The molecule has 0 radical (unpaired) electrons. The second-order valence-corrected chi connectivity index (χ2v) is 7.27. The monoisotopic (exact) mass is 367 g/mol. The maximum absolute atomic E-state index is 12.5. The highest BCUT2D eigenvalue weighted by molar-refractivity contribution is 5.96. The average molecular weight is 367 g/mol. The SMILES string of the molecule is CCNC(=O)NC(=O)C(C)N1CCN(CC(=O)N2CCCCC2C)CC1. The van der Waals surface area contributed by atoms with E-state index in [9.17, 15) is 14.4 Å². The van der Waals surface area contributed by atoms with Crippen LogP contribution in [0.3, 0.4) is 0 Å². The standard InChI is InChI=1S/C18H33N5O3/c1-4-19-18(26)20-17(25)15(3)22-11-9-21(10-12-22)13-16(24)23-8-6-5-7-14(23)2/h14-15H,4-13H2,1-3H3,(H2,19,20,25,26). The molecule has 2 aliphatic heterocycles. The van der Waals surface area contributed by atoms with E-state index < -0.39 is 6.03 Å². The molecule has 0 aromatic carbocycles. The lowest BCUT2D eigenvalue weighted by Crippen LogP contribution is -2.57. The third-order valence-corrected chi connectivity index (χ3v) is 5.39. The maximum Gasteiger partial charge on any atom is 0.321 e. The Morgan fingerprint density at radius 3 is 2.38 bits per heavy atom. The van der Waals surface area contributed by atoms with E-state index in [2.05, 4.69) is 27.4 Å². The molecule has 0 bridgehead atoms. The fourth-order valence-corrected chi connectivity index (χ4v) is 3.65. The van der Waals surface area contributed by atoms with E-state index in [0.29, 0.717) is 32.2 Å². The van der Waals surface area contributed by atoms with Crippen LogP contribution in [0, 0.1) is 0 Å². The lowest BCUT2D eigenvalue weighted by atomic mass is 10.0. The first-order valence-electron chi connectivity index (χ1n) is 9.77. The Morgan fingerprint density at radius 2 is 1.77 bits per heavy atom. The summed E-state index contributed by atoms with van der Waals surface area (Å²) in [5, 5.41) is 4.92. The van der Waals surface area contributed by atoms with Crippen LogP contribution < -0.4 is 10.6 Å². The Kier molecular flexibility index (Phi) is 7.84. The molecule has 148 valence electrons. The molecular formula is C18H33N5O3. The summed E-state index contributed by atoms with van der Waals surface area (Å²) in [7, 11) is 0. The van der Waals surface area contributed by atoms with Gasteiger partial charge in [-0.3, -0.25) is 24.7 Å². The third kappa shape index (κ3) is 5.67. The van der Waals surface area contributed by atoms with Gasteiger partial charge in [-0.15, -0.1) is 0 Å². The summed E-state index contributed by atoms with van der Waals surface area (Å²) in [5.41, 5.74) is 0. The zero-order valence-corrected chi connectivity index (χ0v) is 16.3. The predicted molar refractivity (Wildman–Crippen MR) is 99.7 cm³/mol. The Labute approximate surface area is 156 Å². The van der Waals surface area contributed by atoms with Crippen LogP contribution in [0.15, 0.2) is 0 Å². The number of likely N-dealkylation sites (tertiary alicyclic amines) is 1. The molecule has 8 heteroatoms. The van der Waals surface area contributed by atoms with Crippen molar-refractivity contribution < 1.29 is 14.4 Å². The van der Waals surface area contributed by atoms with Crippen molar-refractivity contribution in [2.45, 2.75) is 52.1 Å². The summed E-state index contributed by atoms with van der Waals surface area (Å²) in [6, 6.07) is -0.475. The highest BCUT2D eigenvalue weighted by atomic mass is 16.2. The van der Waals surface area contributed by atoms with Gasteiger partial charge in [0.05, 0.1) is 12.6 Å². The summed E-state index contributed by atoms with van der Waals surface area (Å²) < 4.78 is 0. The van der Waals surface area contributed by atoms with Gasteiger partial charge in [-0.1, -0.05) is 0 Å². The van der Waals surface area contributed by atoms with Gasteiger partial charge in [0.15, 0.2) is 0 Å². The van der Waals surface area contributed by atoms with Crippen molar-refractivity contribution >= 4 is 17.8 Å². The lowest BCUT2D eigenvalue weighted by Gasteiger charge is -2.39. The van der Waals surface area contributed by atoms with Crippen LogP contribution in [0.4, 0.5) is 4.79 Å². The summed E-state index contributed by atoms with van der Waals surface area (Å²) in [4.78, 5) is 42.4. The van der Waals surface area contributed by atoms with Crippen molar-refractivity contribution in [1.29, 1.82) is 0 Å². The minimum absolute atomic E-state index is 0.215. The van der Waals surface area contributed by atoms with Gasteiger partial charge >= 0.3 is 6.03 Å². The summed E-state index contributed by atoms with van der Waals surface area (Å²) in [6.45, 7) is 10.5. The highest BCUT2D eigenvalue weighted by Gasteiger charge is 2.29. The van der Waals surface area contributed by atoms with Gasteiger partial charge < -0.3 is 10.2 Å². The van der Waals surface area contributed by atoms with Crippen molar-refractivity contribution in [3.05, 3.63) is 0 Å². The van der Waals surface area contributed by atoms with E-state index >= 15 is 0 Å². The van der Waals surface area contributed by atoms with E-state index in [4.69, 9.17) is 0 Å². The number of nitrogens with zero attached hydrogens (tertiary/aromatic N) is 3. The number of rotatable bonds is 5. The van der Waals surface area contributed by atoms with Gasteiger partial charge in [0.2, 0.25) is 11.8 Å². The number of nitrogens with one attached hydrogen (secondary N) is 2. The zero-order valence-electron chi connectivity index (χ0n) is 16.3. The number of piperazine rings is 1. The first kappa shape index (κ1) is 20.6. The third-order valence-electron chi connectivity index (χ3n) is 5.39. The molecule has 0 aliphatic carbocycles. The molecule has 2 unspecified atom stereocenters. The highest BCUT2D eigenvalue weighted by Crippen LogP contribution is 2.17. The molecule has 26 heavy (non-hydrogen) atoms. The van der Waals surface area contributed by atoms with Crippen LogP contribution >= 0.6 is 0 Å². The number of carbonyl (C=O) groups is 3. The number of urea groups is 1. The van der Waals surface area contributed by atoms with Gasteiger partial charge in [0.25, 0.3) is 0 Å². The minimum Gasteiger partial charge on any atom is -0.339 e. The minimum atomic E-state index is -0.454. The molecule has 0 aromatic heterocycles. The van der Waals surface area contributed by atoms with Crippen LogP contribution in [0.2, 0.25) is 0 Å². The second kappa shape index (κ2) is 9.87. The molecule has 0 aromatic rings. The topological polar surface area (TPSA) is 85.0 Å². The van der Waals surface area contributed by atoms with Crippen LogP contribution in [0.5, 0.6) is 0 Å². The fraction of sp³-hybridized carbons (Fsp3) is 0.833. The van der Waals surface area contributed by atoms with Gasteiger partial charge in [0, 0.05) is 45.3 Å². The van der Waals surface area contributed by atoms with Gasteiger partial charge in [-0.25, -0.2) is 4.79 Å².